The SMILES string of the molecule is O=C(O)c1ccc(C(=O)NC[C@H]2OCC(C=Nc3cncc(C(F)(F)F)n3)[C@@H](O)[C@H]2O)cc1. The summed E-state index contributed by atoms with van der Waals surface area (Å²) in [6.45, 7) is -0.275. The van der Waals surface area contributed by atoms with E-state index in [9.17, 15) is 33.0 Å². The maximum absolute atomic E-state index is 12.7. The number of nitrogens with zero attached hydrogens (tertiary/aromatic N) is 3. The van der Waals surface area contributed by atoms with Crippen LogP contribution in [-0.4, -0.2) is 74.8 Å². The Hall–Kier alpha value is -3.42. The predicted octanol–water partition coefficient (Wildman–Crippen LogP) is 1.06. The lowest BCUT2D eigenvalue weighted by Gasteiger charge is -2.36. The van der Waals surface area contributed by atoms with Crippen molar-refractivity contribution in [2.75, 3.05) is 13.2 Å². The fourth-order valence-electron chi connectivity index (χ4n) is 3.00. The molecule has 1 aliphatic rings. The van der Waals surface area contributed by atoms with Gasteiger partial charge in [0.2, 0.25) is 0 Å². The number of aliphatic hydroxyl groups excluding tert-OH is 2. The molecule has 4 atom stereocenters. The molecule has 0 saturated carbocycles. The first-order valence-corrected chi connectivity index (χ1v) is 9.59. The van der Waals surface area contributed by atoms with Crippen LogP contribution in [0, 0.1) is 5.92 Å². The number of benzene rings is 1. The number of carboxylic acid groups (broad SMARTS) is 1. The first-order chi connectivity index (χ1) is 15.6. The van der Waals surface area contributed by atoms with E-state index in [2.05, 4.69) is 20.3 Å². The smallest absolute Gasteiger partial charge is 0.434 e. The largest absolute Gasteiger partial charge is 0.478 e. The van der Waals surface area contributed by atoms with Crippen molar-refractivity contribution in [2.45, 2.75) is 24.5 Å². The molecule has 33 heavy (non-hydrogen) atoms. The Bertz CT molecular complexity index is 1030. The third-order valence-electron chi connectivity index (χ3n) is 4.84. The Balaban J connectivity index is 1.56. The lowest BCUT2D eigenvalue weighted by Crippen LogP contribution is -2.54. The lowest BCUT2D eigenvalue weighted by molar-refractivity contribution is -0.146. The van der Waals surface area contributed by atoms with E-state index in [0.717, 1.165) is 12.4 Å². The molecule has 176 valence electrons. The molecular weight excluding hydrogens is 449 g/mol. The monoisotopic (exact) mass is 468 g/mol. The number of aliphatic hydroxyl groups is 2. The molecule has 1 fully saturated rings. The molecule has 1 unspecified atom stereocenters. The third-order valence-corrected chi connectivity index (χ3v) is 4.84. The molecule has 1 aromatic carbocycles. The van der Waals surface area contributed by atoms with Gasteiger partial charge in [-0.1, -0.05) is 0 Å². The van der Waals surface area contributed by atoms with E-state index < -0.39 is 48.0 Å². The summed E-state index contributed by atoms with van der Waals surface area (Å²) in [6, 6.07) is 5.20. The molecule has 2 heterocycles. The first-order valence-electron chi connectivity index (χ1n) is 9.59. The number of nitrogens with one attached hydrogen (secondary N) is 1. The molecule has 13 heteroatoms. The Labute approximate surface area is 184 Å². The zero-order chi connectivity index (χ0) is 24.2. The molecule has 1 aliphatic heterocycles. The van der Waals surface area contributed by atoms with Gasteiger partial charge in [-0.05, 0) is 24.3 Å². The van der Waals surface area contributed by atoms with E-state index in [-0.39, 0.29) is 30.1 Å². The van der Waals surface area contributed by atoms with Crippen LogP contribution >= 0.6 is 0 Å². The minimum absolute atomic E-state index is 0.0181. The van der Waals surface area contributed by atoms with E-state index in [1.807, 2.05) is 0 Å². The van der Waals surface area contributed by atoms with E-state index in [4.69, 9.17) is 9.84 Å². The van der Waals surface area contributed by atoms with Gasteiger partial charge in [0.1, 0.15) is 12.2 Å². The van der Waals surface area contributed by atoms with Crippen molar-refractivity contribution in [3.8, 4) is 0 Å². The summed E-state index contributed by atoms with van der Waals surface area (Å²) >= 11 is 0. The zero-order valence-corrected chi connectivity index (χ0v) is 16.8. The van der Waals surface area contributed by atoms with Crippen LogP contribution in [0.2, 0.25) is 0 Å². The van der Waals surface area contributed by atoms with Crippen LogP contribution in [0.4, 0.5) is 19.0 Å². The van der Waals surface area contributed by atoms with Crippen molar-refractivity contribution in [1.82, 2.24) is 15.3 Å². The quantitative estimate of drug-likeness (QED) is 0.459. The van der Waals surface area contributed by atoms with Gasteiger partial charge in [0.15, 0.2) is 11.5 Å². The number of ether oxygens (including phenoxy) is 1. The highest BCUT2D eigenvalue weighted by molar-refractivity contribution is 5.95. The highest BCUT2D eigenvalue weighted by atomic mass is 19.4. The van der Waals surface area contributed by atoms with Crippen LogP contribution in [0.1, 0.15) is 26.4 Å². The number of rotatable bonds is 6. The maximum atomic E-state index is 12.7. The van der Waals surface area contributed by atoms with Gasteiger partial charge in [-0.2, -0.15) is 13.2 Å². The van der Waals surface area contributed by atoms with Crippen molar-refractivity contribution in [2.24, 2.45) is 10.9 Å². The van der Waals surface area contributed by atoms with Gasteiger partial charge >= 0.3 is 12.1 Å². The van der Waals surface area contributed by atoms with Crippen LogP contribution in [0.25, 0.3) is 0 Å². The molecule has 10 nitrogen and oxygen atoms in total. The minimum Gasteiger partial charge on any atom is -0.478 e. The summed E-state index contributed by atoms with van der Waals surface area (Å²) in [5.74, 6) is -2.83. The van der Waals surface area contributed by atoms with Crippen molar-refractivity contribution < 1.29 is 42.8 Å². The van der Waals surface area contributed by atoms with Gasteiger partial charge in [0.25, 0.3) is 5.91 Å². The number of amides is 1. The molecule has 0 radical (unpaired) electrons. The third kappa shape index (κ3) is 6.09. The molecule has 1 aromatic heterocycles. The van der Waals surface area contributed by atoms with Gasteiger partial charge in [-0.25, -0.2) is 14.8 Å². The summed E-state index contributed by atoms with van der Waals surface area (Å²) in [5, 5.41) is 32.0. The topological polar surface area (TPSA) is 154 Å². The summed E-state index contributed by atoms with van der Waals surface area (Å²) in [6.07, 6.45) is -5.73. The molecule has 3 rings (SSSR count). The van der Waals surface area contributed by atoms with Crippen LogP contribution in [0.5, 0.6) is 0 Å². The van der Waals surface area contributed by atoms with Crippen LogP contribution in [0.3, 0.4) is 0 Å². The average Bonchev–Trinajstić information content (AvgIpc) is 2.79. The van der Waals surface area contributed by atoms with E-state index in [1.165, 1.54) is 24.3 Å². The van der Waals surface area contributed by atoms with E-state index >= 15 is 0 Å². The molecule has 1 amide bonds. The Morgan fingerprint density at radius 3 is 2.45 bits per heavy atom. The molecular formula is C20H19F3N4O6. The summed E-state index contributed by atoms with van der Waals surface area (Å²) in [5.41, 5.74) is -1.01. The minimum atomic E-state index is -4.68. The number of aromatic carboxylic acids is 1. The summed E-state index contributed by atoms with van der Waals surface area (Å²) in [4.78, 5) is 33.6. The first kappa shape index (κ1) is 24.2. The zero-order valence-electron chi connectivity index (χ0n) is 16.8. The van der Waals surface area contributed by atoms with Crippen molar-refractivity contribution in [1.29, 1.82) is 0 Å². The lowest BCUT2D eigenvalue weighted by atomic mass is 9.93. The fraction of sp³-hybridized carbons (Fsp3) is 0.350. The van der Waals surface area contributed by atoms with E-state index in [0.29, 0.717) is 6.20 Å². The molecule has 0 spiro atoms. The highest BCUT2D eigenvalue weighted by Gasteiger charge is 2.38. The Kier molecular flexibility index (Phi) is 7.36. The second-order valence-corrected chi connectivity index (χ2v) is 7.15. The fourth-order valence-corrected chi connectivity index (χ4v) is 3.00. The molecule has 0 bridgehead atoms. The number of carboxylic acids is 1. The number of hydrogen-bond acceptors (Lipinski definition) is 8. The Morgan fingerprint density at radius 1 is 1.15 bits per heavy atom. The van der Waals surface area contributed by atoms with Crippen molar-refractivity contribution in [3.63, 3.8) is 0 Å². The Morgan fingerprint density at radius 2 is 1.82 bits per heavy atom. The normalized spacial score (nSPS) is 23.4. The summed E-state index contributed by atoms with van der Waals surface area (Å²) in [7, 11) is 0. The van der Waals surface area contributed by atoms with Crippen LogP contribution in [0.15, 0.2) is 41.7 Å². The van der Waals surface area contributed by atoms with Crippen molar-refractivity contribution >= 4 is 23.9 Å². The van der Waals surface area contributed by atoms with Gasteiger partial charge in [0.05, 0.1) is 30.7 Å². The van der Waals surface area contributed by atoms with Crippen LogP contribution < -0.4 is 5.32 Å². The second-order valence-electron chi connectivity index (χ2n) is 7.15. The standard InChI is InChI=1S/C20H19F3N4O6/c21-20(22,23)14-7-24-8-15(27-14)25-5-12-9-33-13(17(29)16(12)28)6-26-18(30)10-1-3-11(4-2-10)19(31)32/h1-5,7-8,12-13,16-17,28-29H,6,9H2,(H,26,30)(H,31,32)/t12?,13-,16-,17+/m1/s1. The number of aliphatic imine (C=N–C) groups is 1. The number of alkyl halides is 3. The molecule has 4 N–H and O–H groups in total. The van der Waals surface area contributed by atoms with Gasteiger partial charge in [-0.15, -0.1) is 0 Å². The second kappa shape index (κ2) is 10.0. The molecule has 2 aromatic rings. The maximum Gasteiger partial charge on any atom is 0.434 e. The van der Waals surface area contributed by atoms with E-state index in [1.54, 1.807) is 0 Å². The summed E-state index contributed by atoms with van der Waals surface area (Å²) < 4.78 is 43.6. The predicted molar refractivity (Wildman–Crippen MR) is 106 cm³/mol. The number of carbonyl (C=O) groups is 2. The highest BCUT2D eigenvalue weighted by Crippen LogP contribution is 2.28. The van der Waals surface area contributed by atoms with Crippen molar-refractivity contribution in [3.05, 3.63) is 53.5 Å². The van der Waals surface area contributed by atoms with Gasteiger partial charge in [-0.3, -0.25) is 9.78 Å². The van der Waals surface area contributed by atoms with Gasteiger partial charge in [0, 0.05) is 24.2 Å². The number of hydrogen-bond donors (Lipinski definition) is 4. The number of carbonyl (C=O) groups excluding carboxylic acids is 1. The number of aromatic nitrogens is 2. The van der Waals surface area contributed by atoms with Crippen LogP contribution in [-0.2, 0) is 10.9 Å². The number of halogens is 3. The van der Waals surface area contributed by atoms with Gasteiger partial charge < -0.3 is 25.4 Å². The average molecular weight is 468 g/mol. The molecule has 1 saturated heterocycles. The molecule has 0 aliphatic carbocycles.